The Kier molecular flexibility index (Phi) is 70.6. The molecule has 0 saturated heterocycles. The zero-order valence-corrected chi connectivity index (χ0v) is 65.7. The van der Waals surface area contributed by atoms with Crippen LogP contribution in [0.5, 0.6) is 0 Å². The molecule has 6 atom stereocenters. The highest BCUT2D eigenvalue weighted by atomic mass is 31.2. The van der Waals surface area contributed by atoms with E-state index in [-0.39, 0.29) is 25.7 Å². The molecule has 0 bridgehead atoms. The average molecular weight is 1440 g/mol. The van der Waals surface area contributed by atoms with Crippen LogP contribution in [0.2, 0.25) is 0 Å². The molecule has 582 valence electrons. The standard InChI is InChI=1S/C79H154O17P2/c1-6-10-13-16-19-22-23-24-25-26-27-31-34-37-40-44-48-53-58-63-77(82)90-69-75(96-79(84)65-60-55-50-45-41-38-35-32-29-28-30-33-36-39-43-46-51-56-61-72(5)9-4)71-94-98(87,88)92-67-73(80)66-91-97(85,86)93-70-74(68-89-76(81)62-57-52-47-21-18-15-12-8-3)95-78(83)64-59-54-49-42-20-17-14-11-7-2/h72-75,80H,6-71H2,1-5H3,(H,85,86)(H,87,88)/t72?,73-,74+,75+/m0/s1. The predicted octanol–water partition coefficient (Wildman–Crippen LogP) is 23.6. The zero-order valence-electron chi connectivity index (χ0n) is 63.9. The van der Waals surface area contributed by atoms with Crippen molar-refractivity contribution in [2.45, 2.75) is 438 Å². The molecule has 0 aromatic rings. The smallest absolute Gasteiger partial charge is 0.462 e. The lowest BCUT2D eigenvalue weighted by molar-refractivity contribution is -0.161. The van der Waals surface area contributed by atoms with Crippen molar-refractivity contribution in [3.8, 4) is 0 Å². The summed E-state index contributed by atoms with van der Waals surface area (Å²) < 4.78 is 68.4. The van der Waals surface area contributed by atoms with Crippen molar-refractivity contribution in [1.29, 1.82) is 0 Å². The molecule has 0 saturated carbocycles. The minimum Gasteiger partial charge on any atom is -0.462 e. The van der Waals surface area contributed by atoms with Crippen LogP contribution in [0.1, 0.15) is 420 Å². The van der Waals surface area contributed by atoms with E-state index < -0.39 is 97.5 Å². The number of phosphoric acid groups is 2. The van der Waals surface area contributed by atoms with Crippen molar-refractivity contribution >= 4 is 39.5 Å². The van der Waals surface area contributed by atoms with Crippen LogP contribution in [0.3, 0.4) is 0 Å². The molecule has 0 aliphatic carbocycles. The van der Waals surface area contributed by atoms with Gasteiger partial charge in [0.05, 0.1) is 26.4 Å². The van der Waals surface area contributed by atoms with Gasteiger partial charge >= 0.3 is 39.5 Å². The van der Waals surface area contributed by atoms with E-state index in [1.165, 1.54) is 238 Å². The van der Waals surface area contributed by atoms with Gasteiger partial charge in [-0.3, -0.25) is 37.3 Å². The molecule has 0 fully saturated rings. The van der Waals surface area contributed by atoms with Crippen LogP contribution >= 0.6 is 15.6 Å². The molecular formula is C79H154O17P2. The van der Waals surface area contributed by atoms with E-state index in [0.29, 0.717) is 25.7 Å². The lowest BCUT2D eigenvalue weighted by Crippen LogP contribution is -2.30. The topological polar surface area (TPSA) is 237 Å². The third kappa shape index (κ3) is 71.1. The summed E-state index contributed by atoms with van der Waals surface area (Å²) >= 11 is 0. The molecule has 0 radical (unpaired) electrons. The largest absolute Gasteiger partial charge is 0.472 e. The van der Waals surface area contributed by atoms with Gasteiger partial charge < -0.3 is 33.8 Å². The fourth-order valence-electron chi connectivity index (χ4n) is 12.2. The van der Waals surface area contributed by atoms with Crippen LogP contribution in [0.4, 0.5) is 0 Å². The summed E-state index contributed by atoms with van der Waals surface area (Å²) in [6.45, 7) is 7.33. The normalized spacial score (nSPS) is 14.2. The van der Waals surface area contributed by atoms with Crippen LogP contribution in [0.25, 0.3) is 0 Å². The third-order valence-electron chi connectivity index (χ3n) is 18.9. The second-order valence-electron chi connectivity index (χ2n) is 28.7. The molecule has 0 amide bonds. The number of aliphatic hydroxyl groups is 1. The van der Waals surface area contributed by atoms with E-state index >= 15 is 0 Å². The van der Waals surface area contributed by atoms with Crippen LogP contribution in [0, 0.1) is 5.92 Å². The molecule has 0 aromatic carbocycles. The van der Waals surface area contributed by atoms with Gasteiger partial charge in [-0.25, -0.2) is 9.13 Å². The Morgan fingerprint density at radius 1 is 0.286 bits per heavy atom. The lowest BCUT2D eigenvalue weighted by Gasteiger charge is -2.21. The Hall–Kier alpha value is -1.94. The van der Waals surface area contributed by atoms with Gasteiger partial charge in [0.15, 0.2) is 12.2 Å². The second-order valence-corrected chi connectivity index (χ2v) is 31.6. The van der Waals surface area contributed by atoms with E-state index in [2.05, 4.69) is 34.6 Å². The summed E-state index contributed by atoms with van der Waals surface area (Å²) in [6.07, 6.45) is 62.7. The lowest BCUT2D eigenvalue weighted by atomic mass is 9.99. The summed E-state index contributed by atoms with van der Waals surface area (Å²) in [5.41, 5.74) is 0. The summed E-state index contributed by atoms with van der Waals surface area (Å²) in [6, 6.07) is 0. The van der Waals surface area contributed by atoms with Gasteiger partial charge in [0, 0.05) is 25.7 Å². The minimum absolute atomic E-state index is 0.106. The number of unbranched alkanes of at least 4 members (excludes halogenated alkanes) is 50. The Labute approximate surface area is 600 Å². The van der Waals surface area contributed by atoms with Crippen LogP contribution in [-0.2, 0) is 65.4 Å². The summed E-state index contributed by atoms with van der Waals surface area (Å²) in [5.74, 6) is -1.24. The number of ether oxygens (including phenoxy) is 4. The Morgan fingerprint density at radius 2 is 0.490 bits per heavy atom. The number of carbonyl (C=O) groups is 4. The highest BCUT2D eigenvalue weighted by molar-refractivity contribution is 7.47. The van der Waals surface area contributed by atoms with Gasteiger partial charge in [0.2, 0.25) is 0 Å². The van der Waals surface area contributed by atoms with Crippen molar-refractivity contribution in [2.75, 3.05) is 39.6 Å². The zero-order chi connectivity index (χ0) is 71.9. The fourth-order valence-corrected chi connectivity index (χ4v) is 13.8. The second kappa shape index (κ2) is 72.0. The summed E-state index contributed by atoms with van der Waals surface area (Å²) in [5, 5.41) is 10.6. The maximum Gasteiger partial charge on any atom is 0.472 e. The van der Waals surface area contributed by atoms with Crippen LogP contribution < -0.4 is 0 Å². The Bertz CT molecular complexity index is 1880. The average Bonchev–Trinajstić information content (AvgIpc) is 0.965. The number of hydrogen-bond acceptors (Lipinski definition) is 15. The highest BCUT2D eigenvalue weighted by Crippen LogP contribution is 2.45. The number of aliphatic hydroxyl groups excluding tert-OH is 1. The van der Waals surface area contributed by atoms with Gasteiger partial charge in [-0.2, -0.15) is 0 Å². The van der Waals surface area contributed by atoms with Crippen molar-refractivity contribution < 1.29 is 80.2 Å². The third-order valence-corrected chi connectivity index (χ3v) is 20.8. The number of hydrogen-bond donors (Lipinski definition) is 3. The molecular weight excluding hydrogens is 1280 g/mol. The van der Waals surface area contributed by atoms with E-state index in [1.807, 2.05) is 0 Å². The van der Waals surface area contributed by atoms with Crippen LogP contribution in [0.15, 0.2) is 0 Å². The molecule has 19 heteroatoms. The SMILES string of the molecule is CCCCCCCCCCCCCCCCCCCCCC(=O)OC[C@H](COP(=O)(O)OC[C@@H](O)COP(=O)(O)OC[C@@H](COC(=O)CCCCCCCCCC)OC(=O)CCCCCCCCCCC)OC(=O)CCCCCCCCCCCCCCCCCCCCC(C)CC. The maximum atomic E-state index is 13.1. The molecule has 3 N–H and O–H groups in total. The first-order chi connectivity index (χ1) is 47.6. The summed E-state index contributed by atoms with van der Waals surface area (Å²) in [7, 11) is -9.90. The Balaban J connectivity index is 5.14. The van der Waals surface area contributed by atoms with Gasteiger partial charge in [-0.1, -0.05) is 369 Å². The quantitative estimate of drug-likeness (QED) is 0.0222. The van der Waals surface area contributed by atoms with Gasteiger partial charge in [-0.15, -0.1) is 0 Å². The number of phosphoric ester groups is 2. The monoisotopic (exact) mass is 1440 g/mol. The molecule has 0 heterocycles. The number of rotatable bonds is 79. The number of carbonyl (C=O) groups excluding carboxylic acids is 4. The minimum atomic E-state index is -4.96. The molecule has 17 nitrogen and oxygen atoms in total. The van der Waals surface area contributed by atoms with Crippen molar-refractivity contribution in [3.05, 3.63) is 0 Å². The van der Waals surface area contributed by atoms with E-state index in [0.717, 1.165) is 102 Å². The fraction of sp³-hybridized carbons (Fsp3) is 0.949. The first-order valence-electron chi connectivity index (χ1n) is 41.2. The van der Waals surface area contributed by atoms with Crippen LogP contribution in [-0.4, -0.2) is 96.7 Å². The van der Waals surface area contributed by atoms with E-state index in [9.17, 15) is 43.2 Å². The molecule has 0 rings (SSSR count). The maximum absolute atomic E-state index is 13.1. The van der Waals surface area contributed by atoms with Crippen molar-refractivity contribution in [1.82, 2.24) is 0 Å². The van der Waals surface area contributed by atoms with Gasteiger partial charge in [0.1, 0.15) is 19.3 Å². The first-order valence-corrected chi connectivity index (χ1v) is 44.2. The molecule has 0 spiro atoms. The Morgan fingerprint density at radius 3 is 0.724 bits per heavy atom. The highest BCUT2D eigenvalue weighted by Gasteiger charge is 2.30. The first kappa shape index (κ1) is 96.1. The molecule has 0 aliphatic heterocycles. The molecule has 0 aliphatic rings. The molecule has 98 heavy (non-hydrogen) atoms. The molecule has 3 unspecified atom stereocenters. The summed E-state index contributed by atoms with van der Waals surface area (Å²) in [4.78, 5) is 72.7. The number of esters is 4. The molecule has 0 aromatic heterocycles. The van der Waals surface area contributed by atoms with Gasteiger partial charge in [-0.05, 0) is 31.6 Å². The van der Waals surface area contributed by atoms with Crippen molar-refractivity contribution in [2.24, 2.45) is 5.92 Å². The van der Waals surface area contributed by atoms with Gasteiger partial charge in [0.25, 0.3) is 0 Å². The predicted molar refractivity (Wildman–Crippen MR) is 400 cm³/mol. The van der Waals surface area contributed by atoms with E-state index in [1.54, 1.807) is 0 Å². The van der Waals surface area contributed by atoms with E-state index in [4.69, 9.17) is 37.0 Å². The van der Waals surface area contributed by atoms with Crippen molar-refractivity contribution in [3.63, 3.8) is 0 Å².